The van der Waals surface area contributed by atoms with Gasteiger partial charge in [0.15, 0.2) is 0 Å². The van der Waals surface area contributed by atoms with Crippen LogP contribution in [0.5, 0.6) is 0 Å². The standard InChI is InChI=1S/C42H44N2O4/c1-25-19-27(3)35(28(4)20-25)41(47)37(31(7)23-45)43-39(33-15-11-9-12-16-33)40(34-17-13-10-14-18-34)44-38(32(8)24-46)42(48)36-29(5)21-26(2)22-30(36)6/h9-24,39-40,43-44H,1-8H3/b37-31-,38-32-/t39-,40-/m1/s1. The van der Waals surface area contributed by atoms with Crippen molar-refractivity contribution in [2.24, 2.45) is 0 Å². The average molecular weight is 641 g/mol. The summed E-state index contributed by atoms with van der Waals surface area (Å²) in [6.45, 7) is 14.8. The van der Waals surface area contributed by atoms with E-state index < -0.39 is 12.1 Å². The number of hydrogen-bond donors (Lipinski definition) is 2. The molecule has 246 valence electrons. The Bertz CT molecular complexity index is 1730. The minimum Gasteiger partial charge on any atom is -0.372 e. The van der Waals surface area contributed by atoms with Gasteiger partial charge in [0, 0.05) is 22.3 Å². The van der Waals surface area contributed by atoms with Gasteiger partial charge in [0.25, 0.3) is 0 Å². The highest BCUT2D eigenvalue weighted by Gasteiger charge is 2.32. The topological polar surface area (TPSA) is 92.3 Å². The van der Waals surface area contributed by atoms with Crippen LogP contribution in [0.2, 0.25) is 0 Å². The molecule has 2 atom stereocenters. The maximum absolute atomic E-state index is 14.4. The number of allylic oxidation sites excluding steroid dienone is 4. The molecule has 0 saturated carbocycles. The average Bonchev–Trinajstić information content (AvgIpc) is 3.05. The number of aldehydes is 2. The molecular weight excluding hydrogens is 596 g/mol. The first-order valence-corrected chi connectivity index (χ1v) is 16.1. The van der Waals surface area contributed by atoms with E-state index in [1.54, 1.807) is 13.8 Å². The smallest absolute Gasteiger partial charge is 0.209 e. The van der Waals surface area contributed by atoms with Crippen LogP contribution in [-0.4, -0.2) is 24.1 Å². The summed E-state index contributed by atoms with van der Waals surface area (Å²) < 4.78 is 0. The van der Waals surface area contributed by atoms with E-state index in [-0.39, 0.29) is 34.1 Å². The summed E-state index contributed by atoms with van der Waals surface area (Å²) in [4.78, 5) is 53.5. The number of aryl methyl sites for hydroxylation is 6. The van der Waals surface area contributed by atoms with Gasteiger partial charge in [0.1, 0.15) is 12.6 Å². The molecule has 2 N–H and O–H groups in total. The minimum absolute atomic E-state index is 0.158. The van der Waals surface area contributed by atoms with Crippen LogP contribution in [0.4, 0.5) is 0 Å². The van der Waals surface area contributed by atoms with Gasteiger partial charge in [0.05, 0.1) is 23.5 Å². The van der Waals surface area contributed by atoms with Crippen LogP contribution in [-0.2, 0) is 9.59 Å². The third kappa shape index (κ3) is 7.77. The molecule has 48 heavy (non-hydrogen) atoms. The number of rotatable bonds is 13. The van der Waals surface area contributed by atoms with Crippen molar-refractivity contribution in [3.8, 4) is 0 Å². The molecule has 0 saturated heterocycles. The normalized spacial score (nSPS) is 13.4. The number of Topliss-reactive ketones (excluding diaryl/α,β-unsaturated/α-hetero) is 2. The molecule has 4 rings (SSSR count). The van der Waals surface area contributed by atoms with Crippen LogP contribution in [0.1, 0.15) is 91.2 Å². The predicted molar refractivity (Wildman–Crippen MR) is 192 cm³/mol. The Morgan fingerprint density at radius 2 is 0.812 bits per heavy atom. The summed E-state index contributed by atoms with van der Waals surface area (Å²) in [5, 5.41) is 6.94. The third-order valence-corrected chi connectivity index (χ3v) is 8.65. The molecule has 0 aromatic heterocycles. The van der Waals surface area contributed by atoms with Gasteiger partial charge in [-0.1, -0.05) is 96.1 Å². The van der Waals surface area contributed by atoms with E-state index in [2.05, 4.69) is 10.6 Å². The van der Waals surface area contributed by atoms with E-state index >= 15 is 0 Å². The lowest BCUT2D eigenvalue weighted by molar-refractivity contribution is -0.105. The third-order valence-electron chi connectivity index (χ3n) is 8.65. The first-order chi connectivity index (χ1) is 22.9. The van der Waals surface area contributed by atoms with E-state index in [0.717, 1.165) is 44.5 Å². The number of carbonyl (C=O) groups is 4. The maximum atomic E-state index is 14.4. The molecule has 0 amide bonds. The van der Waals surface area contributed by atoms with Crippen molar-refractivity contribution in [2.75, 3.05) is 0 Å². The van der Waals surface area contributed by atoms with Gasteiger partial charge in [0.2, 0.25) is 11.6 Å². The molecule has 0 fully saturated rings. The fourth-order valence-corrected chi connectivity index (χ4v) is 6.51. The number of hydrogen-bond acceptors (Lipinski definition) is 6. The first-order valence-electron chi connectivity index (χ1n) is 16.1. The lowest BCUT2D eigenvalue weighted by atomic mass is 9.89. The Kier molecular flexibility index (Phi) is 11.5. The van der Waals surface area contributed by atoms with Crippen molar-refractivity contribution in [1.82, 2.24) is 10.6 Å². The second-order valence-electron chi connectivity index (χ2n) is 12.6. The largest absolute Gasteiger partial charge is 0.372 e. The van der Waals surface area contributed by atoms with Gasteiger partial charge in [-0.3, -0.25) is 19.2 Å². The Morgan fingerprint density at radius 1 is 0.521 bits per heavy atom. The first kappa shape index (κ1) is 35.5. The summed E-state index contributed by atoms with van der Waals surface area (Å²) >= 11 is 0. The Morgan fingerprint density at radius 3 is 1.08 bits per heavy atom. The summed E-state index contributed by atoms with van der Waals surface area (Å²) in [6, 6.07) is 25.6. The minimum atomic E-state index is -0.670. The van der Waals surface area contributed by atoms with Crippen LogP contribution in [0.25, 0.3) is 0 Å². The van der Waals surface area contributed by atoms with Crippen molar-refractivity contribution in [2.45, 2.75) is 67.5 Å². The molecule has 6 heteroatoms. The van der Waals surface area contributed by atoms with Crippen LogP contribution < -0.4 is 10.6 Å². The van der Waals surface area contributed by atoms with Crippen LogP contribution in [0, 0.1) is 41.5 Å². The number of ketones is 2. The molecule has 0 aliphatic carbocycles. The van der Waals surface area contributed by atoms with E-state index in [1.807, 2.05) is 126 Å². The lowest BCUT2D eigenvalue weighted by Crippen LogP contribution is -2.39. The molecule has 0 unspecified atom stereocenters. The van der Waals surface area contributed by atoms with Gasteiger partial charge in [-0.25, -0.2) is 0 Å². The molecule has 4 aromatic rings. The highest BCUT2D eigenvalue weighted by Crippen LogP contribution is 2.34. The van der Waals surface area contributed by atoms with Crippen molar-refractivity contribution < 1.29 is 19.2 Å². The second kappa shape index (κ2) is 15.5. The SMILES string of the molecule is C/C(C=O)=C(/N[C@H](c1ccccc1)[C@H](N/C(C(=O)c1c(C)cc(C)cc1C)=C(/C)C=O)c1ccccc1)C(=O)c1c(C)cc(C)cc1C. The number of nitrogens with one attached hydrogen (secondary N) is 2. The summed E-state index contributed by atoms with van der Waals surface area (Å²) in [5.41, 5.74) is 8.79. The fraction of sp³-hybridized carbons (Fsp3) is 0.238. The predicted octanol–water partition coefficient (Wildman–Crippen LogP) is 8.21. The molecule has 6 nitrogen and oxygen atoms in total. The monoisotopic (exact) mass is 640 g/mol. The van der Waals surface area contributed by atoms with Gasteiger partial charge in [-0.15, -0.1) is 0 Å². The van der Waals surface area contributed by atoms with E-state index in [0.29, 0.717) is 23.7 Å². The van der Waals surface area contributed by atoms with Gasteiger partial charge in [-0.2, -0.15) is 0 Å². The molecular formula is C42H44N2O4. The summed E-state index contributed by atoms with van der Waals surface area (Å²) in [6.07, 6.45) is 1.36. The zero-order valence-corrected chi connectivity index (χ0v) is 29.0. The molecule has 0 spiro atoms. The van der Waals surface area contributed by atoms with Gasteiger partial charge >= 0.3 is 0 Å². The van der Waals surface area contributed by atoms with Crippen LogP contribution in [0.15, 0.2) is 107 Å². The van der Waals surface area contributed by atoms with Crippen LogP contribution >= 0.6 is 0 Å². The highest BCUT2D eigenvalue weighted by atomic mass is 16.1. The van der Waals surface area contributed by atoms with Crippen molar-refractivity contribution in [3.63, 3.8) is 0 Å². The summed E-state index contributed by atoms with van der Waals surface area (Å²) in [7, 11) is 0. The van der Waals surface area contributed by atoms with Crippen LogP contribution in [0.3, 0.4) is 0 Å². The maximum Gasteiger partial charge on any atom is 0.209 e. The Balaban J connectivity index is 1.94. The quantitative estimate of drug-likeness (QED) is 0.0870. The summed E-state index contributed by atoms with van der Waals surface area (Å²) in [5.74, 6) is -0.603. The van der Waals surface area contributed by atoms with Gasteiger partial charge in [-0.05, 0) is 88.8 Å². The molecule has 0 bridgehead atoms. The molecule has 0 aliphatic heterocycles. The van der Waals surface area contributed by atoms with E-state index in [4.69, 9.17) is 0 Å². The van der Waals surface area contributed by atoms with Gasteiger partial charge < -0.3 is 10.6 Å². The number of benzene rings is 4. The molecule has 0 aliphatic rings. The molecule has 0 radical (unpaired) electrons. The van der Waals surface area contributed by atoms with Crippen molar-refractivity contribution in [1.29, 1.82) is 0 Å². The van der Waals surface area contributed by atoms with E-state index in [1.165, 1.54) is 0 Å². The molecule has 0 heterocycles. The van der Waals surface area contributed by atoms with E-state index in [9.17, 15) is 19.2 Å². The zero-order chi connectivity index (χ0) is 35.1. The van der Waals surface area contributed by atoms with Crippen molar-refractivity contribution in [3.05, 3.63) is 163 Å². The second-order valence-corrected chi connectivity index (χ2v) is 12.6. The number of carbonyl (C=O) groups excluding carboxylic acids is 4. The highest BCUT2D eigenvalue weighted by molar-refractivity contribution is 6.13. The Labute approximate surface area is 284 Å². The fourth-order valence-electron chi connectivity index (χ4n) is 6.51. The molecule has 4 aromatic carbocycles. The lowest BCUT2D eigenvalue weighted by Gasteiger charge is -2.33. The Hall–Kier alpha value is -5.36. The van der Waals surface area contributed by atoms with Crippen molar-refractivity contribution >= 4 is 24.1 Å². The zero-order valence-electron chi connectivity index (χ0n) is 29.0.